The normalized spacial score (nSPS) is 19.3. The van der Waals surface area contributed by atoms with Gasteiger partial charge in [-0.25, -0.2) is 0 Å². The molecule has 0 atom stereocenters. The van der Waals surface area contributed by atoms with Crippen LogP contribution in [0.25, 0.3) is 0 Å². The van der Waals surface area contributed by atoms with E-state index in [-0.39, 0.29) is 5.92 Å². The van der Waals surface area contributed by atoms with E-state index in [1.54, 1.807) is 0 Å². The molecular formula is C23H36N2O2. The van der Waals surface area contributed by atoms with E-state index in [0.717, 1.165) is 70.3 Å². The van der Waals surface area contributed by atoms with Crippen LogP contribution in [0.1, 0.15) is 74.7 Å². The molecule has 0 aromatic heterocycles. The minimum absolute atomic E-state index is 0.225. The van der Waals surface area contributed by atoms with Crippen LogP contribution in [-0.4, -0.2) is 54.7 Å². The highest BCUT2D eigenvalue weighted by Crippen LogP contribution is 2.30. The number of carbonyl (C=O) groups is 2. The van der Waals surface area contributed by atoms with E-state index < -0.39 is 0 Å². The van der Waals surface area contributed by atoms with Crippen molar-refractivity contribution in [1.29, 1.82) is 0 Å². The minimum atomic E-state index is 0.225. The molecule has 0 radical (unpaired) electrons. The van der Waals surface area contributed by atoms with Crippen molar-refractivity contribution in [2.24, 2.45) is 5.92 Å². The van der Waals surface area contributed by atoms with Gasteiger partial charge in [0.05, 0.1) is 0 Å². The molecule has 2 fully saturated rings. The molecule has 4 nitrogen and oxygen atoms in total. The predicted molar refractivity (Wildman–Crippen MR) is 111 cm³/mol. The number of piperidine rings is 2. The Bertz CT molecular complexity index is 586. The number of amides is 1. The lowest BCUT2D eigenvalue weighted by molar-refractivity contribution is -0.138. The number of rotatable bonds is 4. The molecule has 0 N–H and O–H groups in total. The molecule has 4 heteroatoms. The molecule has 0 bridgehead atoms. The zero-order valence-corrected chi connectivity index (χ0v) is 17.3. The third-order valence-electron chi connectivity index (χ3n) is 5.71. The summed E-state index contributed by atoms with van der Waals surface area (Å²) < 4.78 is 0. The molecule has 2 aliphatic heterocycles. The van der Waals surface area contributed by atoms with Crippen LogP contribution in [0.4, 0.5) is 0 Å². The Morgan fingerprint density at radius 3 is 2.22 bits per heavy atom. The fraction of sp³-hybridized carbons (Fsp3) is 0.652. The highest BCUT2D eigenvalue weighted by Gasteiger charge is 2.30. The molecule has 2 heterocycles. The first-order valence-electron chi connectivity index (χ1n) is 10.7. The lowest BCUT2D eigenvalue weighted by Gasteiger charge is -2.37. The van der Waals surface area contributed by atoms with Gasteiger partial charge in [-0.3, -0.25) is 9.59 Å². The highest BCUT2D eigenvalue weighted by molar-refractivity contribution is 5.79. The maximum absolute atomic E-state index is 12.8. The molecule has 27 heavy (non-hydrogen) atoms. The van der Waals surface area contributed by atoms with E-state index in [2.05, 4.69) is 36.6 Å². The summed E-state index contributed by atoms with van der Waals surface area (Å²) in [5, 5.41) is 0. The Morgan fingerprint density at radius 1 is 1.04 bits per heavy atom. The van der Waals surface area contributed by atoms with Crippen molar-refractivity contribution < 1.29 is 9.59 Å². The van der Waals surface area contributed by atoms with Crippen molar-refractivity contribution >= 4 is 12.2 Å². The number of likely N-dealkylation sites (tertiary alicyclic amines) is 2. The van der Waals surface area contributed by atoms with Crippen LogP contribution in [0.15, 0.2) is 24.3 Å². The average Bonchev–Trinajstić information content (AvgIpc) is 2.74. The van der Waals surface area contributed by atoms with Gasteiger partial charge in [0.2, 0.25) is 5.91 Å². The maximum atomic E-state index is 12.8. The molecule has 1 aromatic rings. The Kier molecular flexibility index (Phi) is 8.99. The lowest BCUT2D eigenvalue weighted by Crippen LogP contribution is -2.45. The van der Waals surface area contributed by atoms with Gasteiger partial charge in [-0.2, -0.15) is 0 Å². The molecule has 1 aromatic carbocycles. The van der Waals surface area contributed by atoms with E-state index in [0.29, 0.717) is 11.8 Å². The fourth-order valence-corrected chi connectivity index (χ4v) is 4.07. The molecule has 1 amide bonds. The molecule has 150 valence electrons. The number of aldehydes is 1. The van der Waals surface area contributed by atoms with Crippen LogP contribution in [0.5, 0.6) is 0 Å². The summed E-state index contributed by atoms with van der Waals surface area (Å²) in [6, 6.07) is 7.90. The molecule has 0 spiro atoms. The summed E-state index contributed by atoms with van der Waals surface area (Å²) in [5.41, 5.74) is 1.98. The van der Waals surface area contributed by atoms with E-state index in [1.165, 1.54) is 12.0 Å². The monoisotopic (exact) mass is 372 g/mol. The van der Waals surface area contributed by atoms with E-state index in [9.17, 15) is 9.59 Å². The fourth-order valence-electron chi connectivity index (χ4n) is 4.07. The zero-order chi connectivity index (χ0) is 19.6. The van der Waals surface area contributed by atoms with Gasteiger partial charge in [-0.1, -0.05) is 45.4 Å². The third kappa shape index (κ3) is 6.17. The summed E-state index contributed by atoms with van der Waals surface area (Å²) in [5.74, 6) is 1.06. The molecule has 0 aliphatic carbocycles. The smallest absolute Gasteiger partial charge is 0.225 e. The molecule has 2 saturated heterocycles. The van der Waals surface area contributed by atoms with Gasteiger partial charge >= 0.3 is 0 Å². The standard InChI is InChI=1S/C20H28N2O2.C3H8/c1-2-21-10-6-18(7-11-21)20(24)22-12-8-17(9-13-22)19-5-3-4-16(14-19)15-23;1-3-2/h3-5,14-15,17-18H,2,6-13H2,1H3;3H2,1-2H3. The summed E-state index contributed by atoms with van der Waals surface area (Å²) in [7, 11) is 0. The van der Waals surface area contributed by atoms with Gasteiger partial charge in [0, 0.05) is 24.6 Å². The minimum Gasteiger partial charge on any atom is -0.342 e. The van der Waals surface area contributed by atoms with E-state index in [1.807, 2.05) is 18.2 Å². The van der Waals surface area contributed by atoms with Crippen molar-refractivity contribution in [1.82, 2.24) is 9.80 Å². The Balaban J connectivity index is 0.000000817. The number of hydrogen-bond donors (Lipinski definition) is 0. The first kappa shape index (κ1) is 21.6. The second kappa shape index (κ2) is 11.2. The molecular weight excluding hydrogens is 336 g/mol. The maximum Gasteiger partial charge on any atom is 0.225 e. The van der Waals surface area contributed by atoms with Crippen LogP contribution in [-0.2, 0) is 4.79 Å². The van der Waals surface area contributed by atoms with Crippen LogP contribution >= 0.6 is 0 Å². The largest absolute Gasteiger partial charge is 0.342 e. The summed E-state index contributed by atoms with van der Waals surface area (Å²) >= 11 is 0. The first-order chi connectivity index (χ1) is 13.1. The molecule has 3 rings (SSSR count). The van der Waals surface area contributed by atoms with Crippen molar-refractivity contribution in [3.8, 4) is 0 Å². The molecule has 0 unspecified atom stereocenters. The van der Waals surface area contributed by atoms with Crippen molar-refractivity contribution in [2.45, 2.75) is 58.8 Å². The predicted octanol–water partition coefficient (Wildman–Crippen LogP) is 4.35. The topological polar surface area (TPSA) is 40.6 Å². The second-order valence-corrected chi connectivity index (χ2v) is 7.80. The van der Waals surface area contributed by atoms with Crippen LogP contribution in [0, 0.1) is 5.92 Å². The quantitative estimate of drug-likeness (QED) is 0.738. The van der Waals surface area contributed by atoms with Crippen molar-refractivity contribution in [3.63, 3.8) is 0 Å². The van der Waals surface area contributed by atoms with Crippen LogP contribution in [0.2, 0.25) is 0 Å². The number of carbonyl (C=O) groups excluding carboxylic acids is 2. The zero-order valence-electron chi connectivity index (χ0n) is 17.3. The Labute approximate surface area is 164 Å². The highest BCUT2D eigenvalue weighted by atomic mass is 16.2. The Hall–Kier alpha value is -1.68. The third-order valence-corrected chi connectivity index (χ3v) is 5.71. The number of hydrogen-bond acceptors (Lipinski definition) is 3. The van der Waals surface area contributed by atoms with Gasteiger partial charge in [-0.15, -0.1) is 0 Å². The van der Waals surface area contributed by atoms with Gasteiger partial charge in [0.1, 0.15) is 6.29 Å². The SMILES string of the molecule is CCC.CCN1CCC(C(=O)N2CCC(c3cccc(C=O)c3)CC2)CC1. The lowest BCUT2D eigenvalue weighted by atomic mass is 9.87. The van der Waals surface area contributed by atoms with E-state index >= 15 is 0 Å². The molecule has 0 saturated carbocycles. The number of benzene rings is 1. The van der Waals surface area contributed by atoms with Crippen molar-refractivity contribution in [2.75, 3.05) is 32.7 Å². The van der Waals surface area contributed by atoms with Crippen LogP contribution in [0.3, 0.4) is 0 Å². The van der Waals surface area contributed by atoms with Gasteiger partial charge in [0.25, 0.3) is 0 Å². The van der Waals surface area contributed by atoms with Crippen molar-refractivity contribution in [3.05, 3.63) is 35.4 Å². The summed E-state index contributed by atoms with van der Waals surface area (Å²) in [6.07, 6.45) is 6.18. The first-order valence-corrected chi connectivity index (χ1v) is 10.7. The molecule has 2 aliphatic rings. The van der Waals surface area contributed by atoms with Gasteiger partial charge in [0.15, 0.2) is 0 Å². The second-order valence-electron chi connectivity index (χ2n) is 7.80. The van der Waals surface area contributed by atoms with Crippen LogP contribution < -0.4 is 0 Å². The van der Waals surface area contributed by atoms with Gasteiger partial charge in [-0.05, 0) is 62.9 Å². The van der Waals surface area contributed by atoms with E-state index in [4.69, 9.17) is 0 Å². The average molecular weight is 373 g/mol. The number of nitrogens with zero attached hydrogens (tertiary/aromatic N) is 2. The Morgan fingerprint density at radius 2 is 1.67 bits per heavy atom. The van der Waals surface area contributed by atoms with Gasteiger partial charge < -0.3 is 9.80 Å². The summed E-state index contributed by atoms with van der Waals surface area (Å²) in [6.45, 7) is 11.3. The summed E-state index contributed by atoms with van der Waals surface area (Å²) in [4.78, 5) is 28.2.